The molecule has 0 spiro atoms. The second-order valence-electron chi connectivity index (χ2n) is 6.11. The lowest BCUT2D eigenvalue weighted by Crippen LogP contribution is -2.50. The Kier molecular flexibility index (Phi) is 4.80. The minimum Gasteiger partial charge on any atom is -0.444 e. The summed E-state index contributed by atoms with van der Waals surface area (Å²) in [7, 11) is 0. The number of hydrogen-bond acceptors (Lipinski definition) is 3. The zero-order valence-corrected chi connectivity index (χ0v) is 11.7. The van der Waals surface area contributed by atoms with Gasteiger partial charge < -0.3 is 15.4 Å². The molecule has 4 heteroatoms. The van der Waals surface area contributed by atoms with Crippen molar-refractivity contribution in [2.24, 2.45) is 5.92 Å². The molecule has 0 aromatic heterocycles. The molecule has 1 aliphatic carbocycles. The number of alkyl carbamates (subject to hydrolysis) is 1. The molecule has 17 heavy (non-hydrogen) atoms. The average Bonchev–Trinajstić information content (AvgIpc) is 2.18. The van der Waals surface area contributed by atoms with E-state index in [2.05, 4.69) is 24.5 Å². The van der Waals surface area contributed by atoms with E-state index in [0.717, 1.165) is 5.92 Å². The van der Waals surface area contributed by atoms with Gasteiger partial charge in [0.1, 0.15) is 5.60 Å². The van der Waals surface area contributed by atoms with Gasteiger partial charge in [-0.05, 0) is 46.5 Å². The normalized spacial score (nSPS) is 25.9. The molecule has 100 valence electrons. The molecule has 2 N–H and O–H groups in total. The molecule has 1 fully saturated rings. The summed E-state index contributed by atoms with van der Waals surface area (Å²) < 4.78 is 5.18. The number of amides is 1. The van der Waals surface area contributed by atoms with Crippen LogP contribution in [0.15, 0.2) is 0 Å². The first-order chi connectivity index (χ1) is 7.78. The third-order valence-electron chi connectivity index (χ3n) is 3.07. The Morgan fingerprint density at radius 1 is 1.41 bits per heavy atom. The molecule has 0 heterocycles. The Hall–Kier alpha value is -0.770. The van der Waals surface area contributed by atoms with Crippen LogP contribution in [0.5, 0.6) is 0 Å². The van der Waals surface area contributed by atoms with Crippen LogP contribution < -0.4 is 10.6 Å². The number of carbonyl (C=O) groups excluding carboxylic acids is 1. The molecule has 1 amide bonds. The highest BCUT2D eigenvalue weighted by Crippen LogP contribution is 2.26. The first kappa shape index (κ1) is 14.3. The summed E-state index contributed by atoms with van der Waals surface area (Å²) in [6.07, 6.45) is 2.22. The summed E-state index contributed by atoms with van der Waals surface area (Å²) in [5.74, 6) is 0.763. The Morgan fingerprint density at radius 3 is 2.47 bits per heavy atom. The van der Waals surface area contributed by atoms with Gasteiger partial charge in [-0.25, -0.2) is 4.79 Å². The first-order valence-corrected chi connectivity index (χ1v) is 6.51. The van der Waals surface area contributed by atoms with Gasteiger partial charge in [-0.15, -0.1) is 0 Å². The Balaban J connectivity index is 2.14. The topological polar surface area (TPSA) is 50.4 Å². The number of rotatable bonds is 4. The second-order valence-corrected chi connectivity index (χ2v) is 6.11. The zero-order valence-electron chi connectivity index (χ0n) is 11.7. The fraction of sp³-hybridized carbons (Fsp3) is 0.923. The quantitative estimate of drug-likeness (QED) is 0.795. The van der Waals surface area contributed by atoms with Gasteiger partial charge >= 0.3 is 6.09 Å². The van der Waals surface area contributed by atoms with Gasteiger partial charge in [0, 0.05) is 18.6 Å². The van der Waals surface area contributed by atoms with Gasteiger partial charge in [-0.3, -0.25) is 0 Å². The minimum atomic E-state index is -0.427. The van der Waals surface area contributed by atoms with Gasteiger partial charge in [-0.1, -0.05) is 6.92 Å². The highest BCUT2D eigenvalue weighted by Gasteiger charge is 2.27. The average molecular weight is 242 g/mol. The largest absolute Gasteiger partial charge is 0.444 e. The lowest BCUT2D eigenvalue weighted by molar-refractivity contribution is 0.0520. The van der Waals surface area contributed by atoms with Crippen LogP contribution in [0.3, 0.4) is 0 Å². The van der Waals surface area contributed by atoms with Crippen LogP contribution in [-0.2, 0) is 4.74 Å². The Bertz CT molecular complexity index is 261. The fourth-order valence-corrected chi connectivity index (χ4v) is 1.89. The van der Waals surface area contributed by atoms with Crippen molar-refractivity contribution in [3.05, 3.63) is 0 Å². The van der Waals surface area contributed by atoms with E-state index < -0.39 is 5.60 Å². The Morgan fingerprint density at radius 2 is 2.06 bits per heavy atom. The van der Waals surface area contributed by atoms with E-state index >= 15 is 0 Å². The van der Waals surface area contributed by atoms with Crippen molar-refractivity contribution in [2.45, 2.75) is 65.1 Å². The van der Waals surface area contributed by atoms with Crippen LogP contribution in [0.4, 0.5) is 4.79 Å². The van der Waals surface area contributed by atoms with Crippen LogP contribution in [0.2, 0.25) is 0 Å². The van der Waals surface area contributed by atoms with Crippen molar-refractivity contribution >= 4 is 6.09 Å². The summed E-state index contributed by atoms with van der Waals surface area (Å²) in [6, 6.07) is 0.903. The minimum absolute atomic E-state index is 0.287. The van der Waals surface area contributed by atoms with Crippen LogP contribution >= 0.6 is 0 Å². The lowest BCUT2D eigenvalue weighted by Gasteiger charge is -2.37. The number of ether oxygens (including phenoxy) is 1. The number of nitrogens with one attached hydrogen (secondary N) is 2. The van der Waals surface area contributed by atoms with Crippen molar-refractivity contribution in [2.75, 3.05) is 6.54 Å². The van der Waals surface area contributed by atoms with E-state index in [9.17, 15) is 4.79 Å². The van der Waals surface area contributed by atoms with E-state index in [-0.39, 0.29) is 12.1 Å². The SMILES string of the molecule is CC(CNC(=O)OC(C)(C)C)NC1CCC1C. The van der Waals surface area contributed by atoms with Crippen molar-refractivity contribution in [3.8, 4) is 0 Å². The molecular weight excluding hydrogens is 216 g/mol. The van der Waals surface area contributed by atoms with E-state index in [1.54, 1.807) is 0 Å². The third-order valence-corrected chi connectivity index (χ3v) is 3.07. The van der Waals surface area contributed by atoms with Crippen LogP contribution in [0.25, 0.3) is 0 Å². The molecule has 3 unspecified atom stereocenters. The molecule has 0 aromatic rings. The third kappa shape index (κ3) is 5.39. The van der Waals surface area contributed by atoms with Crippen LogP contribution in [-0.4, -0.2) is 30.3 Å². The van der Waals surface area contributed by atoms with Crippen molar-refractivity contribution in [3.63, 3.8) is 0 Å². The van der Waals surface area contributed by atoms with E-state index in [1.165, 1.54) is 12.8 Å². The zero-order chi connectivity index (χ0) is 13.1. The molecular formula is C13H26N2O2. The van der Waals surface area contributed by atoms with Gasteiger partial charge in [0.15, 0.2) is 0 Å². The fourth-order valence-electron chi connectivity index (χ4n) is 1.89. The van der Waals surface area contributed by atoms with Gasteiger partial charge in [0.25, 0.3) is 0 Å². The van der Waals surface area contributed by atoms with E-state index in [0.29, 0.717) is 12.6 Å². The molecule has 0 aromatic carbocycles. The van der Waals surface area contributed by atoms with Gasteiger partial charge in [0.05, 0.1) is 0 Å². The van der Waals surface area contributed by atoms with Crippen molar-refractivity contribution < 1.29 is 9.53 Å². The highest BCUT2D eigenvalue weighted by atomic mass is 16.6. The highest BCUT2D eigenvalue weighted by molar-refractivity contribution is 5.67. The number of carbonyl (C=O) groups is 1. The second kappa shape index (κ2) is 5.71. The molecule has 4 nitrogen and oxygen atoms in total. The van der Waals surface area contributed by atoms with Crippen molar-refractivity contribution in [1.29, 1.82) is 0 Å². The summed E-state index contributed by atoms with van der Waals surface area (Å²) in [4.78, 5) is 11.4. The predicted molar refractivity (Wildman–Crippen MR) is 69.0 cm³/mol. The molecule has 3 atom stereocenters. The number of hydrogen-bond donors (Lipinski definition) is 2. The molecule has 1 saturated carbocycles. The monoisotopic (exact) mass is 242 g/mol. The molecule has 1 rings (SSSR count). The first-order valence-electron chi connectivity index (χ1n) is 6.51. The maximum Gasteiger partial charge on any atom is 0.407 e. The smallest absolute Gasteiger partial charge is 0.407 e. The Labute approximate surface area is 104 Å². The predicted octanol–water partition coefficient (Wildman–Crippen LogP) is 2.29. The maximum absolute atomic E-state index is 11.4. The van der Waals surface area contributed by atoms with E-state index in [1.807, 2.05) is 20.8 Å². The lowest BCUT2D eigenvalue weighted by atomic mass is 9.81. The van der Waals surface area contributed by atoms with Gasteiger partial charge in [0.2, 0.25) is 0 Å². The van der Waals surface area contributed by atoms with Crippen LogP contribution in [0, 0.1) is 5.92 Å². The standard InChI is InChI=1S/C13H26N2O2/c1-9-6-7-11(9)15-10(2)8-14-12(16)17-13(3,4)5/h9-11,15H,6-8H2,1-5H3,(H,14,16). The molecule has 0 radical (unpaired) electrons. The van der Waals surface area contributed by atoms with Crippen LogP contribution in [0.1, 0.15) is 47.5 Å². The summed E-state index contributed by atoms with van der Waals surface area (Å²) in [5, 5.41) is 6.30. The summed E-state index contributed by atoms with van der Waals surface area (Å²) in [5.41, 5.74) is -0.427. The molecule has 0 aliphatic heterocycles. The maximum atomic E-state index is 11.4. The van der Waals surface area contributed by atoms with Gasteiger partial charge in [-0.2, -0.15) is 0 Å². The van der Waals surface area contributed by atoms with E-state index in [4.69, 9.17) is 4.74 Å². The molecule has 0 bridgehead atoms. The summed E-state index contributed by atoms with van der Waals surface area (Å²) in [6.45, 7) is 10.6. The summed E-state index contributed by atoms with van der Waals surface area (Å²) >= 11 is 0. The van der Waals surface area contributed by atoms with Crippen molar-refractivity contribution in [1.82, 2.24) is 10.6 Å². The molecule has 1 aliphatic rings. The molecule has 0 saturated heterocycles.